The molecule has 0 aromatic heterocycles. The molecule has 0 unspecified atom stereocenters. The van der Waals surface area contributed by atoms with E-state index in [0.717, 1.165) is 12.1 Å². The summed E-state index contributed by atoms with van der Waals surface area (Å²) in [6, 6.07) is 9.20. The fourth-order valence-corrected chi connectivity index (χ4v) is 2.18. The van der Waals surface area contributed by atoms with E-state index < -0.39 is 17.6 Å². The molecule has 0 aliphatic heterocycles. The second-order valence-corrected chi connectivity index (χ2v) is 4.36. The zero-order valence-electron chi connectivity index (χ0n) is 10.5. The van der Waals surface area contributed by atoms with E-state index in [9.17, 15) is 17.6 Å². The molecule has 2 aromatic carbocycles. The summed E-state index contributed by atoms with van der Waals surface area (Å²) in [5, 5.41) is 0. The van der Waals surface area contributed by atoms with E-state index in [2.05, 4.69) is 0 Å². The minimum Gasteiger partial charge on any atom is -0.330 e. The number of hydrogen-bond donors (Lipinski definition) is 1. The van der Waals surface area contributed by atoms with Gasteiger partial charge in [0.15, 0.2) is 0 Å². The molecule has 0 bridgehead atoms. The number of rotatable bonds is 3. The van der Waals surface area contributed by atoms with Gasteiger partial charge in [0.05, 0.1) is 5.56 Å². The van der Waals surface area contributed by atoms with Crippen molar-refractivity contribution in [3.05, 3.63) is 59.4 Å². The molecule has 0 aliphatic rings. The van der Waals surface area contributed by atoms with E-state index in [1.807, 2.05) is 0 Å². The van der Waals surface area contributed by atoms with Gasteiger partial charge in [-0.1, -0.05) is 30.3 Å². The first kappa shape index (κ1) is 14.5. The minimum atomic E-state index is -4.53. The van der Waals surface area contributed by atoms with Crippen molar-refractivity contribution in [2.24, 2.45) is 5.73 Å². The smallest absolute Gasteiger partial charge is 0.330 e. The molecule has 0 saturated carbocycles. The number of nitrogens with two attached hydrogens (primary N) is 1. The third kappa shape index (κ3) is 2.82. The average molecular weight is 283 g/mol. The van der Waals surface area contributed by atoms with Crippen LogP contribution in [-0.4, -0.2) is 6.54 Å². The van der Waals surface area contributed by atoms with E-state index in [1.165, 1.54) is 24.3 Å². The first-order chi connectivity index (χ1) is 9.45. The van der Waals surface area contributed by atoms with Crippen molar-refractivity contribution < 1.29 is 17.6 Å². The van der Waals surface area contributed by atoms with E-state index in [1.54, 1.807) is 6.07 Å². The molecule has 106 valence electrons. The van der Waals surface area contributed by atoms with Crippen LogP contribution in [-0.2, 0) is 12.6 Å². The fraction of sp³-hybridized carbons (Fsp3) is 0.200. The summed E-state index contributed by atoms with van der Waals surface area (Å²) in [6.07, 6.45) is -4.21. The molecule has 2 N–H and O–H groups in total. The normalized spacial score (nSPS) is 11.7. The third-order valence-corrected chi connectivity index (χ3v) is 3.02. The predicted molar refractivity (Wildman–Crippen MR) is 69.6 cm³/mol. The molecule has 2 aromatic rings. The minimum absolute atomic E-state index is 0.0223. The lowest BCUT2D eigenvalue weighted by atomic mass is 9.93. The molecule has 20 heavy (non-hydrogen) atoms. The van der Waals surface area contributed by atoms with Gasteiger partial charge in [0.25, 0.3) is 0 Å². The Morgan fingerprint density at radius 1 is 0.950 bits per heavy atom. The highest BCUT2D eigenvalue weighted by Gasteiger charge is 2.34. The maximum Gasteiger partial charge on any atom is 0.417 e. The zero-order valence-corrected chi connectivity index (χ0v) is 10.5. The maximum absolute atomic E-state index is 14.0. The van der Waals surface area contributed by atoms with Gasteiger partial charge >= 0.3 is 6.18 Å². The number of halogens is 4. The quantitative estimate of drug-likeness (QED) is 0.846. The Morgan fingerprint density at radius 3 is 2.30 bits per heavy atom. The van der Waals surface area contributed by atoms with Crippen LogP contribution in [0.5, 0.6) is 0 Å². The summed E-state index contributed by atoms with van der Waals surface area (Å²) in [5.41, 5.74) is 4.90. The van der Waals surface area contributed by atoms with Crippen LogP contribution in [0, 0.1) is 5.82 Å². The Bertz CT molecular complexity index is 605. The molecule has 0 atom stereocenters. The Morgan fingerprint density at radius 2 is 1.65 bits per heavy atom. The van der Waals surface area contributed by atoms with Gasteiger partial charge < -0.3 is 5.73 Å². The van der Waals surface area contributed by atoms with Gasteiger partial charge in [-0.05, 0) is 36.2 Å². The largest absolute Gasteiger partial charge is 0.417 e. The molecule has 2 rings (SSSR count). The van der Waals surface area contributed by atoms with Crippen LogP contribution in [0.4, 0.5) is 17.6 Å². The van der Waals surface area contributed by atoms with Gasteiger partial charge in [0.2, 0.25) is 0 Å². The lowest BCUT2D eigenvalue weighted by Gasteiger charge is -2.16. The first-order valence-corrected chi connectivity index (χ1v) is 6.09. The summed E-state index contributed by atoms with van der Waals surface area (Å²) in [6.45, 7) is 0.241. The lowest BCUT2D eigenvalue weighted by molar-refractivity contribution is -0.137. The Kier molecular flexibility index (Phi) is 4.09. The summed E-state index contributed by atoms with van der Waals surface area (Å²) >= 11 is 0. The monoisotopic (exact) mass is 283 g/mol. The lowest BCUT2D eigenvalue weighted by Crippen LogP contribution is -2.10. The molecule has 0 saturated heterocycles. The second-order valence-electron chi connectivity index (χ2n) is 4.36. The van der Waals surface area contributed by atoms with Crippen LogP contribution < -0.4 is 5.73 Å². The van der Waals surface area contributed by atoms with Gasteiger partial charge in [-0.25, -0.2) is 4.39 Å². The molecule has 0 heterocycles. The number of hydrogen-bond acceptors (Lipinski definition) is 1. The Hall–Kier alpha value is -1.88. The van der Waals surface area contributed by atoms with Gasteiger partial charge in [-0.15, -0.1) is 0 Å². The topological polar surface area (TPSA) is 26.0 Å². The fourth-order valence-electron chi connectivity index (χ4n) is 2.18. The van der Waals surface area contributed by atoms with Crippen LogP contribution in [0.1, 0.15) is 11.1 Å². The van der Waals surface area contributed by atoms with Gasteiger partial charge in [0.1, 0.15) is 5.82 Å². The highest BCUT2D eigenvalue weighted by molar-refractivity contribution is 5.72. The second kappa shape index (κ2) is 5.63. The molecule has 0 amide bonds. The standard InChI is InChI=1S/C15H13F4N/c16-13-7-3-4-10(8-9-20)14(13)11-5-1-2-6-12(11)15(17,18)19/h1-7H,8-9,20H2. The summed E-state index contributed by atoms with van der Waals surface area (Å²) < 4.78 is 53.1. The summed E-state index contributed by atoms with van der Waals surface area (Å²) in [5.74, 6) is -0.673. The molecular formula is C15H13F4N. The molecule has 0 radical (unpaired) electrons. The highest BCUT2D eigenvalue weighted by atomic mass is 19.4. The van der Waals surface area contributed by atoms with Gasteiger partial charge in [-0.2, -0.15) is 13.2 Å². The summed E-state index contributed by atoms with van der Waals surface area (Å²) in [4.78, 5) is 0. The molecular weight excluding hydrogens is 270 g/mol. The number of alkyl halides is 3. The zero-order chi connectivity index (χ0) is 14.8. The highest BCUT2D eigenvalue weighted by Crippen LogP contribution is 2.39. The van der Waals surface area contributed by atoms with Crippen LogP contribution in [0.25, 0.3) is 11.1 Å². The van der Waals surface area contributed by atoms with E-state index in [4.69, 9.17) is 5.73 Å². The van der Waals surface area contributed by atoms with Crippen LogP contribution >= 0.6 is 0 Å². The molecule has 5 heteroatoms. The van der Waals surface area contributed by atoms with E-state index in [-0.39, 0.29) is 17.7 Å². The maximum atomic E-state index is 14.0. The van der Waals surface area contributed by atoms with E-state index >= 15 is 0 Å². The van der Waals surface area contributed by atoms with Crippen LogP contribution in [0.15, 0.2) is 42.5 Å². The Labute approximate surface area is 114 Å². The predicted octanol–water partition coefficient (Wildman–Crippen LogP) is 4.01. The van der Waals surface area contributed by atoms with Crippen molar-refractivity contribution in [2.75, 3.05) is 6.54 Å². The van der Waals surface area contributed by atoms with Crippen LogP contribution in [0.3, 0.4) is 0 Å². The SMILES string of the molecule is NCCc1cccc(F)c1-c1ccccc1C(F)(F)F. The van der Waals surface area contributed by atoms with Crippen molar-refractivity contribution in [3.8, 4) is 11.1 Å². The molecule has 0 spiro atoms. The first-order valence-electron chi connectivity index (χ1n) is 6.09. The molecule has 0 aliphatic carbocycles. The number of benzene rings is 2. The van der Waals surface area contributed by atoms with Gasteiger partial charge in [0, 0.05) is 5.56 Å². The van der Waals surface area contributed by atoms with Crippen LogP contribution in [0.2, 0.25) is 0 Å². The summed E-state index contributed by atoms with van der Waals surface area (Å²) in [7, 11) is 0. The molecule has 1 nitrogen and oxygen atoms in total. The third-order valence-electron chi connectivity index (χ3n) is 3.02. The van der Waals surface area contributed by atoms with Crippen molar-refractivity contribution in [1.29, 1.82) is 0 Å². The van der Waals surface area contributed by atoms with Crippen molar-refractivity contribution in [3.63, 3.8) is 0 Å². The van der Waals surface area contributed by atoms with E-state index in [0.29, 0.717) is 12.0 Å². The van der Waals surface area contributed by atoms with Gasteiger partial charge in [-0.3, -0.25) is 0 Å². The van der Waals surface area contributed by atoms with Crippen molar-refractivity contribution >= 4 is 0 Å². The van der Waals surface area contributed by atoms with Crippen molar-refractivity contribution in [1.82, 2.24) is 0 Å². The average Bonchev–Trinajstić information content (AvgIpc) is 2.38. The Balaban J connectivity index is 2.69. The van der Waals surface area contributed by atoms with Crippen molar-refractivity contribution in [2.45, 2.75) is 12.6 Å². The molecule has 0 fully saturated rings.